The van der Waals surface area contributed by atoms with E-state index in [1.165, 1.54) is 11.3 Å². The summed E-state index contributed by atoms with van der Waals surface area (Å²) in [5, 5.41) is 6.38. The van der Waals surface area contributed by atoms with Gasteiger partial charge in [-0.05, 0) is 86.8 Å². The molecule has 1 fully saturated rings. The number of rotatable bonds is 6. The van der Waals surface area contributed by atoms with Crippen LogP contribution in [0.25, 0.3) is 5.69 Å². The third-order valence-electron chi connectivity index (χ3n) is 5.55. The minimum Gasteiger partial charge on any atom is -0.444 e. The second-order valence-electron chi connectivity index (χ2n) is 9.95. The van der Waals surface area contributed by atoms with Crippen molar-refractivity contribution >= 4 is 45.0 Å². The summed E-state index contributed by atoms with van der Waals surface area (Å²) in [5.41, 5.74) is 3.02. The van der Waals surface area contributed by atoms with Gasteiger partial charge < -0.3 is 19.9 Å². The van der Waals surface area contributed by atoms with Crippen molar-refractivity contribution in [1.82, 2.24) is 24.8 Å². The molecule has 1 aromatic carbocycles. The predicted octanol–water partition coefficient (Wildman–Crippen LogP) is 5.14. The van der Waals surface area contributed by atoms with Crippen molar-refractivity contribution in [1.29, 1.82) is 0 Å². The van der Waals surface area contributed by atoms with Gasteiger partial charge in [0.25, 0.3) is 5.91 Å². The number of benzene rings is 1. The minimum absolute atomic E-state index is 0.0237. The number of aromatic nitrogens is 3. The van der Waals surface area contributed by atoms with Crippen LogP contribution in [0.5, 0.6) is 0 Å². The Morgan fingerprint density at radius 3 is 2.72 bits per heavy atom. The largest absolute Gasteiger partial charge is 0.444 e. The first-order chi connectivity index (χ1) is 17.0. The van der Waals surface area contributed by atoms with Crippen molar-refractivity contribution in [3.05, 3.63) is 57.0 Å². The molecule has 0 unspecified atom stereocenters. The number of carbonyl (C=O) groups excluding carboxylic acids is 2. The number of ether oxygens (including phenoxy) is 1. The maximum absolute atomic E-state index is 12.8. The average Bonchev–Trinajstić information content (AvgIpc) is 3.41. The number of carbonyl (C=O) groups is 2. The van der Waals surface area contributed by atoms with Crippen LogP contribution >= 0.6 is 27.3 Å². The van der Waals surface area contributed by atoms with Crippen LogP contribution in [0.1, 0.15) is 54.7 Å². The molecule has 0 bridgehead atoms. The van der Waals surface area contributed by atoms with Gasteiger partial charge in [-0.1, -0.05) is 0 Å². The molecule has 3 aromatic rings. The summed E-state index contributed by atoms with van der Waals surface area (Å²) in [5.74, 6) is -0.254. The third kappa shape index (κ3) is 7.37. The lowest BCUT2D eigenvalue weighted by Crippen LogP contribution is -2.48. The first kappa shape index (κ1) is 26.3. The molecule has 1 atom stereocenters. The van der Waals surface area contributed by atoms with Gasteiger partial charge in [-0.3, -0.25) is 9.69 Å². The van der Waals surface area contributed by atoms with Crippen LogP contribution in [0.2, 0.25) is 0 Å². The number of alkyl carbamates (subject to hydrolysis) is 1. The van der Waals surface area contributed by atoms with Gasteiger partial charge >= 0.3 is 6.09 Å². The SMILES string of the molecule is Cc1cn(-c2cc(CN3CCC[C@H](NC(=O)OC(C)(C)C)C3)cc(NC(=O)c3ncc(Br)s3)c2)cn1. The van der Waals surface area contributed by atoms with E-state index < -0.39 is 5.60 Å². The van der Waals surface area contributed by atoms with Crippen molar-refractivity contribution in [3.63, 3.8) is 0 Å². The van der Waals surface area contributed by atoms with Gasteiger partial charge in [0.15, 0.2) is 5.01 Å². The van der Waals surface area contributed by atoms with Crippen LogP contribution in [0, 0.1) is 6.92 Å². The molecule has 192 valence electrons. The lowest BCUT2D eigenvalue weighted by Gasteiger charge is -2.33. The molecule has 0 aliphatic carbocycles. The molecular formula is C25H31BrN6O3S. The summed E-state index contributed by atoms with van der Waals surface area (Å²) in [7, 11) is 0. The highest BCUT2D eigenvalue weighted by molar-refractivity contribution is 9.11. The molecule has 2 N–H and O–H groups in total. The van der Waals surface area contributed by atoms with Gasteiger partial charge in [0, 0.05) is 36.7 Å². The fourth-order valence-electron chi connectivity index (χ4n) is 4.14. The number of likely N-dealkylation sites (tertiary alicyclic amines) is 1. The van der Waals surface area contributed by atoms with Crippen LogP contribution in [-0.2, 0) is 11.3 Å². The van der Waals surface area contributed by atoms with Crippen molar-refractivity contribution in [2.24, 2.45) is 0 Å². The average molecular weight is 576 g/mol. The molecule has 0 radical (unpaired) electrons. The van der Waals surface area contributed by atoms with Gasteiger partial charge in [0.05, 0.1) is 22.0 Å². The number of amides is 2. The topological polar surface area (TPSA) is 101 Å². The Morgan fingerprint density at radius 2 is 2.06 bits per heavy atom. The smallest absolute Gasteiger partial charge is 0.407 e. The highest BCUT2D eigenvalue weighted by Crippen LogP contribution is 2.24. The summed E-state index contributed by atoms with van der Waals surface area (Å²) < 4.78 is 8.17. The summed E-state index contributed by atoms with van der Waals surface area (Å²) in [6.07, 6.45) is 6.83. The first-order valence-electron chi connectivity index (χ1n) is 11.8. The molecule has 1 saturated heterocycles. The number of halogens is 1. The standard InChI is InChI=1S/C25H31BrN6O3S/c1-16-12-32(15-28-16)20-9-17(8-19(10-20)29-22(33)23-27-11-21(26)36-23)13-31-7-5-6-18(14-31)30-24(34)35-25(2,3)4/h8-12,15,18H,5-7,13-14H2,1-4H3,(H,29,33)(H,30,34)/t18-/m0/s1. The third-order valence-corrected chi connectivity index (χ3v) is 7.02. The van der Waals surface area contributed by atoms with Gasteiger partial charge in [-0.25, -0.2) is 14.8 Å². The van der Waals surface area contributed by atoms with E-state index in [-0.39, 0.29) is 18.0 Å². The summed E-state index contributed by atoms with van der Waals surface area (Å²) in [4.78, 5) is 35.8. The van der Waals surface area contributed by atoms with Crippen LogP contribution in [0.3, 0.4) is 0 Å². The summed E-state index contributed by atoms with van der Waals surface area (Å²) >= 11 is 4.64. The second-order valence-corrected chi connectivity index (χ2v) is 12.4. The fraction of sp³-hybridized carbons (Fsp3) is 0.440. The van der Waals surface area contributed by atoms with Gasteiger partial charge in [0.1, 0.15) is 5.60 Å². The van der Waals surface area contributed by atoms with Crippen molar-refractivity contribution in [3.8, 4) is 5.69 Å². The molecule has 11 heteroatoms. The van der Waals surface area contributed by atoms with Gasteiger partial charge in [0.2, 0.25) is 0 Å². The minimum atomic E-state index is -0.528. The second kappa shape index (κ2) is 11.1. The Balaban J connectivity index is 1.50. The zero-order chi connectivity index (χ0) is 25.9. The van der Waals surface area contributed by atoms with E-state index >= 15 is 0 Å². The van der Waals surface area contributed by atoms with E-state index in [1.807, 2.05) is 50.6 Å². The number of anilines is 1. The molecule has 36 heavy (non-hydrogen) atoms. The lowest BCUT2D eigenvalue weighted by atomic mass is 10.0. The molecule has 9 nitrogen and oxygen atoms in total. The number of aryl methyl sites for hydroxylation is 1. The van der Waals surface area contributed by atoms with Gasteiger partial charge in [-0.2, -0.15) is 0 Å². The molecule has 2 aromatic heterocycles. The first-order valence-corrected chi connectivity index (χ1v) is 13.4. The van der Waals surface area contributed by atoms with Gasteiger partial charge in [-0.15, -0.1) is 11.3 Å². The zero-order valence-electron chi connectivity index (χ0n) is 20.9. The van der Waals surface area contributed by atoms with Crippen LogP contribution in [-0.4, -0.2) is 56.2 Å². The highest BCUT2D eigenvalue weighted by atomic mass is 79.9. The number of piperidine rings is 1. The van der Waals surface area contributed by atoms with Crippen molar-refractivity contribution < 1.29 is 14.3 Å². The molecular weight excluding hydrogens is 544 g/mol. The Bertz CT molecular complexity index is 1230. The molecule has 0 spiro atoms. The molecule has 1 aliphatic heterocycles. The van der Waals surface area contributed by atoms with Crippen molar-refractivity contribution in [2.75, 3.05) is 18.4 Å². The maximum Gasteiger partial charge on any atom is 0.407 e. The molecule has 3 heterocycles. The normalized spacial score (nSPS) is 16.5. The van der Waals surface area contributed by atoms with E-state index in [0.29, 0.717) is 17.2 Å². The quantitative estimate of drug-likeness (QED) is 0.422. The number of thiazole rings is 1. The van der Waals surface area contributed by atoms with E-state index in [9.17, 15) is 9.59 Å². The van der Waals surface area contributed by atoms with Crippen LogP contribution in [0.4, 0.5) is 10.5 Å². The predicted molar refractivity (Wildman–Crippen MR) is 144 cm³/mol. The molecule has 0 saturated carbocycles. The Kier molecular flexibility index (Phi) is 8.11. The fourth-order valence-corrected chi connectivity index (χ4v) is 5.24. The highest BCUT2D eigenvalue weighted by Gasteiger charge is 2.24. The van der Waals surface area contributed by atoms with Crippen LogP contribution < -0.4 is 10.6 Å². The van der Waals surface area contributed by atoms with Crippen molar-refractivity contribution in [2.45, 2.75) is 58.7 Å². The van der Waals surface area contributed by atoms with E-state index in [2.05, 4.69) is 47.5 Å². The Morgan fingerprint density at radius 1 is 1.25 bits per heavy atom. The number of nitrogens with one attached hydrogen (secondary N) is 2. The number of imidazole rings is 1. The Labute approximate surface area is 223 Å². The molecule has 4 rings (SSSR count). The lowest BCUT2D eigenvalue weighted by molar-refractivity contribution is 0.0470. The zero-order valence-corrected chi connectivity index (χ0v) is 23.3. The van der Waals surface area contributed by atoms with E-state index in [0.717, 1.165) is 46.7 Å². The van der Waals surface area contributed by atoms with E-state index in [4.69, 9.17) is 4.74 Å². The monoisotopic (exact) mass is 574 g/mol. The Hall–Kier alpha value is -2.76. The number of nitrogens with zero attached hydrogens (tertiary/aromatic N) is 4. The molecule has 1 aliphatic rings. The van der Waals surface area contributed by atoms with Crippen LogP contribution in [0.15, 0.2) is 40.7 Å². The molecule has 2 amide bonds. The maximum atomic E-state index is 12.8. The number of hydrogen-bond donors (Lipinski definition) is 2. The summed E-state index contributed by atoms with van der Waals surface area (Å²) in [6.45, 7) is 9.85. The number of hydrogen-bond acceptors (Lipinski definition) is 7. The van der Waals surface area contributed by atoms with E-state index in [1.54, 1.807) is 12.5 Å². The summed E-state index contributed by atoms with van der Waals surface area (Å²) in [6, 6.07) is 6.03.